The summed E-state index contributed by atoms with van der Waals surface area (Å²) in [4.78, 5) is 5.17. The van der Waals surface area contributed by atoms with E-state index in [2.05, 4.69) is 31.2 Å². The smallest absolute Gasteiger partial charge is 0.216 e. The lowest BCUT2D eigenvalue weighted by Crippen LogP contribution is -2.50. The molecule has 1 heterocycles. The van der Waals surface area contributed by atoms with Crippen LogP contribution in [-0.4, -0.2) is 31.3 Å². The summed E-state index contributed by atoms with van der Waals surface area (Å²) in [6.07, 6.45) is 7.43. The van der Waals surface area contributed by atoms with Crippen LogP contribution in [0.1, 0.15) is 51.0 Å². The van der Waals surface area contributed by atoms with Crippen LogP contribution in [0, 0.1) is 5.92 Å². The van der Waals surface area contributed by atoms with Gasteiger partial charge >= 0.3 is 0 Å². The molecule has 0 saturated heterocycles. The highest BCUT2D eigenvalue weighted by atomic mass is 16.5. The Hall–Kier alpha value is -1.35. The molecule has 1 saturated carbocycles. The normalized spacial score (nSPS) is 31.1. The summed E-state index contributed by atoms with van der Waals surface area (Å²) < 4.78 is 11.5. The Bertz CT molecular complexity index is 513. The molecule has 2 aliphatic rings. The van der Waals surface area contributed by atoms with Crippen molar-refractivity contribution in [3.05, 3.63) is 35.9 Å². The van der Waals surface area contributed by atoms with E-state index in [0.29, 0.717) is 5.92 Å². The number of ether oxygens (including phenoxy) is 2. The summed E-state index contributed by atoms with van der Waals surface area (Å²) in [6, 6.07) is 10.3. The maximum absolute atomic E-state index is 6.19. The second-order valence-corrected chi connectivity index (χ2v) is 6.66. The lowest BCUT2D eigenvalue weighted by molar-refractivity contribution is 0.0216. The van der Waals surface area contributed by atoms with E-state index in [1.54, 1.807) is 7.11 Å². The monoisotopic (exact) mass is 301 g/mol. The molecule has 0 spiro atoms. The van der Waals surface area contributed by atoms with E-state index in [4.69, 9.17) is 14.5 Å². The first-order chi connectivity index (χ1) is 10.7. The molecule has 1 aromatic carbocycles. The van der Waals surface area contributed by atoms with E-state index >= 15 is 0 Å². The van der Waals surface area contributed by atoms with Gasteiger partial charge in [-0.1, -0.05) is 31.0 Å². The van der Waals surface area contributed by atoms with Gasteiger partial charge in [0.15, 0.2) is 0 Å². The Morgan fingerprint density at radius 1 is 1.27 bits per heavy atom. The molecule has 3 atom stereocenters. The first-order valence-corrected chi connectivity index (χ1v) is 8.56. The van der Waals surface area contributed by atoms with Crippen LogP contribution in [0.4, 0.5) is 0 Å². The zero-order chi connectivity index (χ0) is 15.4. The zero-order valence-corrected chi connectivity index (χ0v) is 13.8. The van der Waals surface area contributed by atoms with E-state index in [9.17, 15) is 0 Å². The van der Waals surface area contributed by atoms with Crippen LogP contribution < -0.4 is 0 Å². The number of hydrogen-bond donors (Lipinski definition) is 0. The minimum Gasteiger partial charge on any atom is -0.474 e. The minimum absolute atomic E-state index is 0.0552. The van der Waals surface area contributed by atoms with E-state index in [1.807, 2.05) is 6.07 Å². The Kier molecular flexibility index (Phi) is 4.82. The summed E-state index contributed by atoms with van der Waals surface area (Å²) in [6.45, 7) is 3.04. The molecule has 0 unspecified atom stereocenters. The van der Waals surface area contributed by atoms with Crippen molar-refractivity contribution >= 4 is 5.90 Å². The third-order valence-electron chi connectivity index (χ3n) is 5.23. The molecule has 3 nitrogen and oxygen atoms in total. The van der Waals surface area contributed by atoms with Crippen LogP contribution in [0.2, 0.25) is 0 Å². The second-order valence-electron chi connectivity index (χ2n) is 6.66. The molecular weight excluding hydrogens is 274 g/mol. The highest BCUT2D eigenvalue weighted by Gasteiger charge is 2.47. The number of fused-ring (bicyclic) bond motifs is 1. The molecule has 1 fully saturated rings. The summed E-state index contributed by atoms with van der Waals surface area (Å²) in [5.41, 5.74) is 1.16. The van der Waals surface area contributed by atoms with Gasteiger partial charge in [-0.3, -0.25) is 0 Å². The molecule has 3 rings (SSSR count). The highest BCUT2D eigenvalue weighted by molar-refractivity contribution is 5.95. The summed E-state index contributed by atoms with van der Waals surface area (Å²) in [5.74, 6) is 1.38. The van der Waals surface area contributed by atoms with Gasteiger partial charge in [-0.25, -0.2) is 4.99 Å². The molecule has 0 amide bonds. The third kappa shape index (κ3) is 3.05. The Morgan fingerprint density at radius 2 is 2.09 bits per heavy atom. The van der Waals surface area contributed by atoms with Gasteiger partial charge < -0.3 is 9.47 Å². The average molecular weight is 301 g/mol. The predicted molar refractivity (Wildman–Crippen MR) is 89.3 cm³/mol. The van der Waals surface area contributed by atoms with Crippen molar-refractivity contribution in [2.75, 3.05) is 13.7 Å². The van der Waals surface area contributed by atoms with Gasteiger partial charge in [0.05, 0.1) is 5.54 Å². The van der Waals surface area contributed by atoms with E-state index in [1.165, 1.54) is 25.7 Å². The Balaban J connectivity index is 1.91. The quantitative estimate of drug-likeness (QED) is 0.763. The van der Waals surface area contributed by atoms with Crippen molar-refractivity contribution in [2.24, 2.45) is 10.9 Å². The number of rotatable bonds is 5. The molecule has 0 N–H and O–H groups in total. The van der Waals surface area contributed by atoms with Crippen LogP contribution >= 0.6 is 0 Å². The predicted octanol–water partition coefficient (Wildman–Crippen LogP) is 4.21. The van der Waals surface area contributed by atoms with Crippen LogP contribution in [0.3, 0.4) is 0 Å². The van der Waals surface area contributed by atoms with Gasteiger partial charge in [0, 0.05) is 25.2 Å². The van der Waals surface area contributed by atoms with Gasteiger partial charge in [0.2, 0.25) is 5.90 Å². The third-order valence-corrected chi connectivity index (χ3v) is 5.23. The van der Waals surface area contributed by atoms with E-state index in [-0.39, 0.29) is 11.6 Å². The molecule has 0 radical (unpaired) electrons. The van der Waals surface area contributed by atoms with Crippen LogP contribution in [-0.2, 0) is 9.47 Å². The van der Waals surface area contributed by atoms with E-state index in [0.717, 1.165) is 30.9 Å². The first-order valence-electron chi connectivity index (χ1n) is 8.56. The number of aliphatic imine (C=N–C) groups is 1. The SMILES string of the molecule is COCCC[C@]12CCCC[C@H]1[C@H](C)OC(c1ccccc1)=N2. The lowest BCUT2D eigenvalue weighted by Gasteiger charge is -2.47. The maximum Gasteiger partial charge on any atom is 0.216 e. The molecular formula is C19H27NO2. The molecule has 22 heavy (non-hydrogen) atoms. The standard InChI is InChI=1S/C19H27NO2/c1-15-17-11-6-7-12-19(17,13-8-14-21-2)20-18(22-15)16-9-4-3-5-10-16/h3-5,9-10,15,17H,6-8,11-14H2,1-2H3/t15-,17-,19+/m0/s1. The van der Waals surface area contributed by atoms with Crippen molar-refractivity contribution in [3.63, 3.8) is 0 Å². The number of nitrogens with zero attached hydrogens (tertiary/aromatic N) is 1. The molecule has 1 aliphatic heterocycles. The Labute approximate surface area is 133 Å². The van der Waals surface area contributed by atoms with Crippen molar-refractivity contribution < 1.29 is 9.47 Å². The lowest BCUT2D eigenvalue weighted by atomic mass is 9.68. The van der Waals surface area contributed by atoms with Gasteiger partial charge in [0.1, 0.15) is 6.10 Å². The second kappa shape index (κ2) is 6.82. The topological polar surface area (TPSA) is 30.8 Å². The highest BCUT2D eigenvalue weighted by Crippen LogP contribution is 2.45. The van der Waals surface area contributed by atoms with Gasteiger partial charge in [-0.05, 0) is 44.7 Å². The summed E-state index contributed by atoms with van der Waals surface area (Å²) >= 11 is 0. The molecule has 0 aromatic heterocycles. The first kappa shape index (κ1) is 15.5. The van der Waals surface area contributed by atoms with Crippen molar-refractivity contribution in [1.82, 2.24) is 0 Å². The number of hydrogen-bond acceptors (Lipinski definition) is 3. The van der Waals surface area contributed by atoms with Crippen molar-refractivity contribution in [3.8, 4) is 0 Å². The Morgan fingerprint density at radius 3 is 2.86 bits per heavy atom. The summed E-state index contributed by atoms with van der Waals surface area (Å²) in [7, 11) is 1.78. The molecule has 3 heteroatoms. The van der Waals surface area contributed by atoms with Crippen LogP contribution in [0.15, 0.2) is 35.3 Å². The van der Waals surface area contributed by atoms with Gasteiger partial charge in [-0.15, -0.1) is 0 Å². The van der Waals surface area contributed by atoms with Crippen LogP contribution in [0.5, 0.6) is 0 Å². The fourth-order valence-electron chi connectivity index (χ4n) is 4.15. The van der Waals surface area contributed by atoms with Gasteiger partial charge in [0.25, 0.3) is 0 Å². The molecule has 0 bridgehead atoms. The molecule has 120 valence electrons. The van der Waals surface area contributed by atoms with Gasteiger partial charge in [-0.2, -0.15) is 0 Å². The van der Waals surface area contributed by atoms with Crippen molar-refractivity contribution in [1.29, 1.82) is 0 Å². The largest absolute Gasteiger partial charge is 0.474 e. The average Bonchev–Trinajstić information content (AvgIpc) is 2.56. The fourth-order valence-corrected chi connectivity index (χ4v) is 4.15. The molecule has 1 aliphatic carbocycles. The summed E-state index contributed by atoms with van der Waals surface area (Å²) in [5, 5.41) is 0. The fraction of sp³-hybridized carbons (Fsp3) is 0.632. The van der Waals surface area contributed by atoms with Crippen LogP contribution in [0.25, 0.3) is 0 Å². The zero-order valence-electron chi connectivity index (χ0n) is 13.8. The van der Waals surface area contributed by atoms with E-state index < -0.39 is 0 Å². The number of methoxy groups -OCH3 is 1. The molecule has 1 aromatic rings. The number of benzene rings is 1. The minimum atomic E-state index is 0.0552. The van der Waals surface area contributed by atoms with Crippen molar-refractivity contribution in [2.45, 2.75) is 57.1 Å². The maximum atomic E-state index is 6.19.